The average molecular weight is 272 g/mol. The van der Waals surface area contributed by atoms with Gasteiger partial charge in [-0.05, 0) is 23.6 Å². The molecular formula is C11H14BrNO2. The maximum absolute atomic E-state index is 10.9. The van der Waals surface area contributed by atoms with Crippen molar-refractivity contribution in [1.82, 2.24) is 0 Å². The molecule has 0 saturated heterocycles. The van der Waals surface area contributed by atoms with Crippen LogP contribution in [0.3, 0.4) is 0 Å². The van der Waals surface area contributed by atoms with Crippen LogP contribution in [0.5, 0.6) is 5.75 Å². The summed E-state index contributed by atoms with van der Waals surface area (Å²) in [5.74, 6) is 1.11. The lowest BCUT2D eigenvalue weighted by Gasteiger charge is -2.12. The predicted molar refractivity (Wildman–Crippen MR) is 65.0 cm³/mol. The number of methoxy groups -OCH3 is 1. The second-order valence-electron chi connectivity index (χ2n) is 3.51. The number of hydrogen-bond donors (Lipinski definition) is 1. The van der Waals surface area contributed by atoms with Crippen LogP contribution >= 0.6 is 15.9 Å². The molecule has 0 saturated carbocycles. The third kappa shape index (κ3) is 3.23. The molecule has 0 aliphatic rings. The van der Waals surface area contributed by atoms with Gasteiger partial charge in [0.15, 0.2) is 0 Å². The fraction of sp³-hybridized carbons (Fsp3) is 0.364. The fourth-order valence-electron chi connectivity index (χ4n) is 1.28. The highest BCUT2D eigenvalue weighted by Crippen LogP contribution is 2.29. The monoisotopic (exact) mass is 271 g/mol. The Morgan fingerprint density at radius 2 is 2.13 bits per heavy atom. The molecule has 15 heavy (non-hydrogen) atoms. The fourth-order valence-corrected chi connectivity index (χ4v) is 1.49. The molecule has 0 atom stereocenters. The van der Waals surface area contributed by atoms with Crippen molar-refractivity contribution in [3.8, 4) is 5.75 Å². The number of halogens is 1. The Hall–Kier alpha value is -1.03. The number of amides is 1. The zero-order chi connectivity index (χ0) is 11.4. The maximum atomic E-state index is 10.9. The number of carbonyl (C=O) groups is 1. The highest BCUT2D eigenvalue weighted by Gasteiger charge is 2.07. The second kappa shape index (κ2) is 5.16. The van der Waals surface area contributed by atoms with Crippen molar-refractivity contribution in [2.75, 3.05) is 12.4 Å². The summed E-state index contributed by atoms with van der Waals surface area (Å²) in [6, 6.07) is 5.75. The molecule has 0 bridgehead atoms. The molecule has 0 aliphatic carbocycles. The third-order valence-electron chi connectivity index (χ3n) is 2.13. The van der Waals surface area contributed by atoms with E-state index < -0.39 is 0 Å². The first-order valence-corrected chi connectivity index (χ1v) is 5.48. The molecule has 0 aliphatic heterocycles. The lowest BCUT2D eigenvalue weighted by molar-refractivity contribution is 0.270. The van der Waals surface area contributed by atoms with Crippen LogP contribution in [0.15, 0.2) is 18.2 Å². The van der Waals surface area contributed by atoms with E-state index in [0.717, 1.165) is 0 Å². The predicted octanol–water partition coefficient (Wildman–Crippen LogP) is 3.75. The van der Waals surface area contributed by atoms with Crippen molar-refractivity contribution in [3.05, 3.63) is 23.8 Å². The number of hydrogen-bond acceptors (Lipinski definition) is 2. The normalized spacial score (nSPS) is 10.2. The first kappa shape index (κ1) is 12.0. The molecule has 0 heterocycles. The van der Waals surface area contributed by atoms with Crippen LogP contribution in [0.1, 0.15) is 25.3 Å². The van der Waals surface area contributed by atoms with Crippen molar-refractivity contribution < 1.29 is 9.53 Å². The van der Waals surface area contributed by atoms with Crippen molar-refractivity contribution in [2.24, 2.45) is 0 Å². The Morgan fingerprint density at radius 3 is 2.60 bits per heavy atom. The second-order valence-corrected chi connectivity index (χ2v) is 4.23. The van der Waals surface area contributed by atoms with Crippen molar-refractivity contribution in [3.63, 3.8) is 0 Å². The molecule has 0 unspecified atom stereocenters. The summed E-state index contributed by atoms with van der Waals surface area (Å²) < 4.78 is 5.20. The third-order valence-corrected chi connectivity index (χ3v) is 2.32. The number of nitrogens with one attached hydrogen (secondary N) is 1. The SMILES string of the molecule is COc1cc(C(C)C)ccc1NC(=O)Br. The van der Waals surface area contributed by atoms with Gasteiger partial charge in [-0.1, -0.05) is 19.9 Å². The van der Waals surface area contributed by atoms with Crippen molar-refractivity contribution in [2.45, 2.75) is 19.8 Å². The largest absolute Gasteiger partial charge is 0.495 e. The van der Waals surface area contributed by atoms with E-state index >= 15 is 0 Å². The molecule has 0 aromatic heterocycles. The van der Waals surface area contributed by atoms with E-state index in [1.165, 1.54) is 5.56 Å². The molecule has 1 aromatic rings. The number of ether oxygens (including phenoxy) is 1. The minimum Gasteiger partial charge on any atom is -0.495 e. The zero-order valence-electron chi connectivity index (χ0n) is 9.00. The summed E-state index contributed by atoms with van der Waals surface area (Å²) in [5, 5.41) is 2.64. The summed E-state index contributed by atoms with van der Waals surface area (Å²) in [7, 11) is 1.59. The van der Waals surface area contributed by atoms with E-state index in [2.05, 4.69) is 35.1 Å². The molecule has 1 amide bonds. The van der Waals surface area contributed by atoms with Gasteiger partial charge < -0.3 is 10.1 Å². The van der Waals surface area contributed by atoms with Gasteiger partial charge in [0, 0.05) is 15.9 Å². The highest BCUT2D eigenvalue weighted by molar-refractivity contribution is 9.18. The Bertz CT molecular complexity index is 364. The Kier molecular flexibility index (Phi) is 4.15. The molecule has 1 rings (SSSR count). The maximum Gasteiger partial charge on any atom is 0.291 e. The number of carbonyl (C=O) groups excluding carboxylic acids is 1. The topological polar surface area (TPSA) is 38.3 Å². The first-order valence-electron chi connectivity index (χ1n) is 4.69. The van der Waals surface area contributed by atoms with E-state index in [9.17, 15) is 4.79 Å². The average Bonchev–Trinajstić information content (AvgIpc) is 2.17. The van der Waals surface area contributed by atoms with Gasteiger partial charge in [-0.15, -0.1) is 0 Å². The number of anilines is 1. The summed E-state index contributed by atoms with van der Waals surface area (Å²) in [4.78, 5) is 10.6. The van der Waals surface area contributed by atoms with E-state index in [4.69, 9.17) is 4.74 Å². The van der Waals surface area contributed by atoms with E-state index in [-0.39, 0.29) is 4.82 Å². The van der Waals surface area contributed by atoms with Gasteiger partial charge in [0.2, 0.25) is 0 Å². The molecule has 4 heteroatoms. The van der Waals surface area contributed by atoms with Gasteiger partial charge in [0.05, 0.1) is 12.8 Å². The summed E-state index contributed by atoms with van der Waals surface area (Å²) in [6.07, 6.45) is 0. The van der Waals surface area contributed by atoms with E-state index in [1.54, 1.807) is 7.11 Å². The van der Waals surface area contributed by atoms with Crippen molar-refractivity contribution in [1.29, 1.82) is 0 Å². The van der Waals surface area contributed by atoms with Crippen LogP contribution < -0.4 is 10.1 Å². The Balaban J connectivity index is 3.03. The van der Waals surface area contributed by atoms with Gasteiger partial charge in [-0.25, -0.2) is 0 Å². The van der Waals surface area contributed by atoms with Gasteiger partial charge in [-0.3, -0.25) is 4.79 Å². The van der Waals surface area contributed by atoms with Gasteiger partial charge in [-0.2, -0.15) is 0 Å². The van der Waals surface area contributed by atoms with Crippen LogP contribution in [-0.4, -0.2) is 11.9 Å². The summed E-state index contributed by atoms with van der Waals surface area (Å²) >= 11 is 2.82. The lowest BCUT2D eigenvalue weighted by Crippen LogP contribution is -2.03. The smallest absolute Gasteiger partial charge is 0.291 e. The molecule has 1 N–H and O–H groups in total. The minimum atomic E-state index is -0.280. The summed E-state index contributed by atoms with van der Waals surface area (Å²) in [6.45, 7) is 4.22. The van der Waals surface area contributed by atoms with Crippen LogP contribution in [0.2, 0.25) is 0 Å². The minimum absolute atomic E-state index is 0.280. The first-order chi connectivity index (χ1) is 7.04. The molecule has 0 fully saturated rings. The van der Waals surface area contributed by atoms with E-state index in [1.807, 2.05) is 18.2 Å². The molecule has 82 valence electrons. The molecule has 0 spiro atoms. The number of benzene rings is 1. The quantitative estimate of drug-likeness (QED) is 0.672. The van der Waals surface area contributed by atoms with Gasteiger partial charge >= 0.3 is 0 Å². The summed E-state index contributed by atoms with van der Waals surface area (Å²) in [5.41, 5.74) is 1.85. The number of rotatable bonds is 3. The highest BCUT2D eigenvalue weighted by atomic mass is 79.9. The Morgan fingerprint density at radius 1 is 1.47 bits per heavy atom. The molecule has 3 nitrogen and oxygen atoms in total. The van der Waals surface area contributed by atoms with Crippen LogP contribution in [0.25, 0.3) is 0 Å². The molecular weight excluding hydrogens is 258 g/mol. The van der Waals surface area contributed by atoms with Gasteiger partial charge in [0.25, 0.3) is 4.82 Å². The van der Waals surface area contributed by atoms with Crippen molar-refractivity contribution >= 4 is 26.4 Å². The Labute approximate surface area is 97.9 Å². The van der Waals surface area contributed by atoms with Crippen LogP contribution in [0, 0.1) is 0 Å². The molecule has 1 aromatic carbocycles. The molecule has 0 radical (unpaired) electrons. The van der Waals surface area contributed by atoms with Crippen LogP contribution in [0.4, 0.5) is 10.5 Å². The van der Waals surface area contributed by atoms with E-state index in [0.29, 0.717) is 17.4 Å². The lowest BCUT2D eigenvalue weighted by atomic mass is 10.0. The van der Waals surface area contributed by atoms with Gasteiger partial charge in [0.1, 0.15) is 5.75 Å². The van der Waals surface area contributed by atoms with Crippen LogP contribution in [-0.2, 0) is 0 Å². The standard InChI is InChI=1S/C11H14BrNO2/c1-7(2)8-4-5-9(13-11(12)14)10(6-8)15-3/h4-7H,1-3H3,(H,13,14). The zero-order valence-corrected chi connectivity index (χ0v) is 10.6.